The van der Waals surface area contributed by atoms with Gasteiger partial charge in [0, 0.05) is 49.0 Å². The average molecular weight is 588 g/mol. The molecule has 1 aliphatic heterocycles. The number of hydrogen-bond acceptors (Lipinski definition) is 9. The number of piperazine rings is 1. The Morgan fingerprint density at radius 2 is 2.07 bits per heavy atom. The molecule has 0 N–H and O–H groups in total. The maximum Gasteiger partial charge on any atom is 0.318 e. The highest BCUT2D eigenvalue weighted by atomic mass is 32.1. The third kappa shape index (κ3) is 5.16. The summed E-state index contributed by atoms with van der Waals surface area (Å²) in [5.41, 5.74) is 2.11. The first-order chi connectivity index (χ1) is 20.5. The number of hydrogen-bond donors (Lipinski definition) is 0. The zero-order valence-corrected chi connectivity index (χ0v) is 23.7. The fourth-order valence-electron chi connectivity index (χ4n) is 5.54. The summed E-state index contributed by atoms with van der Waals surface area (Å²) in [6, 6.07) is 9.19. The van der Waals surface area contributed by atoms with Crippen LogP contribution >= 0.6 is 11.3 Å². The fourth-order valence-corrected chi connectivity index (χ4v) is 6.09. The van der Waals surface area contributed by atoms with Gasteiger partial charge in [-0.05, 0) is 24.3 Å². The van der Waals surface area contributed by atoms with Crippen LogP contribution in [0, 0.1) is 17.1 Å². The van der Waals surface area contributed by atoms with Gasteiger partial charge in [0.25, 0.3) is 5.91 Å². The van der Waals surface area contributed by atoms with E-state index in [1.54, 1.807) is 11.6 Å². The van der Waals surface area contributed by atoms with Crippen LogP contribution in [0.2, 0.25) is 0 Å². The zero-order valence-electron chi connectivity index (χ0n) is 22.8. The van der Waals surface area contributed by atoms with Gasteiger partial charge < -0.3 is 14.5 Å². The predicted molar refractivity (Wildman–Crippen MR) is 155 cm³/mol. The van der Waals surface area contributed by atoms with Crippen molar-refractivity contribution in [2.24, 2.45) is 0 Å². The molecule has 0 radical (unpaired) electrons. The molecule has 1 saturated carbocycles. The number of pyridine rings is 1. The monoisotopic (exact) mass is 587 g/mol. The lowest BCUT2D eigenvalue weighted by atomic mass is 9.77. The van der Waals surface area contributed by atoms with Gasteiger partial charge in [-0.15, -0.1) is 11.3 Å². The molecule has 1 saturated heterocycles. The lowest BCUT2D eigenvalue weighted by Crippen LogP contribution is -2.55. The summed E-state index contributed by atoms with van der Waals surface area (Å²) >= 11 is 1.21. The van der Waals surface area contributed by atoms with Crippen LogP contribution in [0.25, 0.3) is 28.2 Å². The van der Waals surface area contributed by atoms with Gasteiger partial charge >= 0.3 is 6.01 Å². The second kappa shape index (κ2) is 11.8. The Bertz CT molecular complexity index is 1700. The lowest BCUT2D eigenvalue weighted by molar-refractivity contribution is -0.131. The minimum Gasteiger partial charge on any atom is -0.467 e. The summed E-state index contributed by atoms with van der Waals surface area (Å²) in [5.74, 6) is -1.57. The second-order valence-corrected chi connectivity index (χ2v) is 11.2. The molecule has 42 heavy (non-hydrogen) atoms. The predicted octanol–water partition coefficient (Wildman–Crippen LogP) is 5.50. The van der Waals surface area contributed by atoms with Gasteiger partial charge in [-0.1, -0.05) is 30.7 Å². The van der Waals surface area contributed by atoms with Gasteiger partial charge in [0.1, 0.15) is 22.0 Å². The summed E-state index contributed by atoms with van der Waals surface area (Å²) in [7, 11) is 1.41. The molecule has 4 aromatic rings. The number of aromatic nitrogens is 4. The summed E-state index contributed by atoms with van der Waals surface area (Å²) in [6.45, 7) is 0.565. The quantitative estimate of drug-likeness (QED) is 0.261. The standard InChI is InChI=1S/C30H27F2N7O2S/c1-41-30-36-27-22(16-35-26(25(27)32)21-8-3-2-7-20(21)18-5-4-6-18)28(37-30)38-12-13-39(19(17-38)9-10-33)29(40)23(31)15-24-34-11-14-42-24/h2-3,7-8,11,14-16,18-19H,4-6,9,12-13,17H2,1H3/b23-15-. The second-order valence-electron chi connectivity index (χ2n) is 10.3. The molecule has 2 aliphatic rings. The Kier molecular flexibility index (Phi) is 7.75. The summed E-state index contributed by atoms with van der Waals surface area (Å²) < 4.78 is 36.4. The Morgan fingerprint density at radius 1 is 1.24 bits per heavy atom. The minimum atomic E-state index is -0.948. The lowest BCUT2D eigenvalue weighted by Gasteiger charge is -2.41. The Hall–Kier alpha value is -4.50. The topological polar surface area (TPSA) is 108 Å². The van der Waals surface area contributed by atoms with E-state index in [9.17, 15) is 14.4 Å². The van der Waals surface area contributed by atoms with E-state index in [-0.39, 0.29) is 43.3 Å². The molecule has 0 bridgehead atoms. The van der Waals surface area contributed by atoms with Crippen LogP contribution in [0.3, 0.4) is 0 Å². The number of carbonyl (C=O) groups excluding carboxylic acids is 1. The number of halogens is 2. The molecule has 214 valence electrons. The van der Waals surface area contributed by atoms with Gasteiger partial charge in [0.05, 0.1) is 31.0 Å². The molecular formula is C30H27F2N7O2S. The molecule has 2 fully saturated rings. The van der Waals surface area contributed by atoms with Crippen LogP contribution in [0.15, 0.2) is 47.9 Å². The van der Waals surface area contributed by atoms with Crippen molar-refractivity contribution in [3.05, 3.63) is 64.3 Å². The van der Waals surface area contributed by atoms with E-state index < -0.39 is 23.6 Å². The van der Waals surface area contributed by atoms with Crippen molar-refractivity contribution in [3.63, 3.8) is 0 Å². The third-order valence-electron chi connectivity index (χ3n) is 7.86. The number of nitrogens with zero attached hydrogens (tertiary/aromatic N) is 7. The highest BCUT2D eigenvalue weighted by Crippen LogP contribution is 2.42. The fraction of sp³-hybridized carbons (Fsp3) is 0.333. The molecule has 0 spiro atoms. The van der Waals surface area contributed by atoms with Crippen molar-refractivity contribution in [3.8, 4) is 23.3 Å². The number of fused-ring (bicyclic) bond motifs is 1. The number of thiazole rings is 1. The van der Waals surface area contributed by atoms with Crippen LogP contribution in [0.5, 0.6) is 6.01 Å². The number of carbonyl (C=O) groups is 1. The molecule has 3 aromatic heterocycles. The maximum absolute atomic E-state index is 16.2. The van der Waals surface area contributed by atoms with Crippen molar-refractivity contribution in [2.75, 3.05) is 31.6 Å². The van der Waals surface area contributed by atoms with Crippen molar-refractivity contribution < 1.29 is 18.3 Å². The van der Waals surface area contributed by atoms with Crippen molar-refractivity contribution in [2.45, 2.75) is 37.6 Å². The van der Waals surface area contributed by atoms with Crippen LogP contribution < -0.4 is 9.64 Å². The highest BCUT2D eigenvalue weighted by molar-refractivity contribution is 7.10. The summed E-state index contributed by atoms with van der Waals surface area (Å²) in [6.07, 6.45) is 7.45. The van der Waals surface area contributed by atoms with Crippen LogP contribution in [-0.2, 0) is 4.79 Å². The van der Waals surface area contributed by atoms with E-state index in [0.717, 1.165) is 36.5 Å². The third-order valence-corrected chi connectivity index (χ3v) is 8.59. The van der Waals surface area contributed by atoms with Crippen molar-refractivity contribution in [1.29, 1.82) is 5.26 Å². The number of ether oxygens (including phenoxy) is 1. The first-order valence-electron chi connectivity index (χ1n) is 13.7. The molecule has 4 heterocycles. The number of amides is 1. The molecule has 6 rings (SSSR count). The molecule has 9 nitrogen and oxygen atoms in total. The van der Waals surface area contributed by atoms with Gasteiger partial charge in [0.15, 0.2) is 11.6 Å². The van der Waals surface area contributed by atoms with Crippen LogP contribution in [0.4, 0.5) is 14.6 Å². The first-order valence-corrected chi connectivity index (χ1v) is 14.6. The zero-order chi connectivity index (χ0) is 29.2. The number of benzene rings is 1. The smallest absolute Gasteiger partial charge is 0.318 e. The number of rotatable bonds is 7. The molecule has 1 unspecified atom stereocenters. The summed E-state index contributed by atoms with van der Waals surface area (Å²) in [5, 5.41) is 11.9. The Balaban J connectivity index is 1.34. The van der Waals surface area contributed by atoms with Crippen LogP contribution in [-0.4, -0.2) is 63.5 Å². The molecule has 1 aliphatic carbocycles. The number of methoxy groups -OCH3 is 1. The highest BCUT2D eigenvalue weighted by Gasteiger charge is 2.34. The van der Waals surface area contributed by atoms with E-state index in [1.165, 1.54) is 29.5 Å². The van der Waals surface area contributed by atoms with Crippen molar-refractivity contribution in [1.82, 2.24) is 24.8 Å². The summed E-state index contributed by atoms with van der Waals surface area (Å²) in [4.78, 5) is 33.6. The first kappa shape index (κ1) is 27.7. The molecule has 1 atom stereocenters. The van der Waals surface area contributed by atoms with Gasteiger partial charge in [-0.3, -0.25) is 9.78 Å². The molecule has 12 heteroatoms. The average Bonchev–Trinajstić information content (AvgIpc) is 3.49. The Labute approximate surface area is 245 Å². The van der Waals surface area contributed by atoms with Gasteiger partial charge in [-0.2, -0.15) is 15.2 Å². The largest absolute Gasteiger partial charge is 0.467 e. The van der Waals surface area contributed by atoms with Crippen LogP contribution in [0.1, 0.15) is 42.2 Å². The van der Waals surface area contributed by atoms with Gasteiger partial charge in [0.2, 0.25) is 0 Å². The normalized spacial score (nSPS) is 17.7. The SMILES string of the molecule is COc1nc(N2CCN(C(=O)/C(F)=C/c3nccs3)C(CC#N)C2)c2cnc(-c3ccccc3C3CCC3)c(F)c2n1. The molecular weight excluding hydrogens is 560 g/mol. The minimum absolute atomic E-state index is 0.0198. The Morgan fingerprint density at radius 3 is 2.79 bits per heavy atom. The number of nitriles is 1. The number of anilines is 1. The van der Waals surface area contributed by atoms with E-state index >= 15 is 4.39 Å². The van der Waals surface area contributed by atoms with E-state index in [2.05, 4.69) is 26.0 Å². The maximum atomic E-state index is 16.2. The van der Waals surface area contributed by atoms with E-state index in [4.69, 9.17) is 4.74 Å². The molecule has 1 aromatic carbocycles. The van der Waals surface area contributed by atoms with E-state index in [0.29, 0.717) is 22.1 Å². The molecule has 1 amide bonds. The van der Waals surface area contributed by atoms with Gasteiger partial charge in [-0.25, -0.2) is 13.8 Å². The van der Waals surface area contributed by atoms with Crippen molar-refractivity contribution >= 4 is 40.0 Å². The van der Waals surface area contributed by atoms with E-state index in [1.807, 2.05) is 29.2 Å².